The average Bonchev–Trinajstić information content (AvgIpc) is 2.45. The Kier molecular flexibility index (Phi) is 3.80. The monoisotopic (exact) mass is 266 g/mol. The summed E-state index contributed by atoms with van der Waals surface area (Å²) >= 11 is 0. The average molecular weight is 266 g/mol. The molecule has 19 heavy (non-hydrogen) atoms. The van der Waals surface area contributed by atoms with Gasteiger partial charge in [-0.2, -0.15) is 0 Å². The van der Waals surface area contributed by atoms with Gasteiger partial charge in [-0.25, -0.2) is 8.78 Å². The number of hydrogen-bond acceptors (Lipinski definition) is 2. The highest BCUT2D eigenvalue weighted by atomic mass is 19.2. The molecule has 4 heteroatoms. The number of hydrogen-bond donors (Lipinski definition) is 1. The summed E-state index contributed by atoms with van der Waals surface area (Å²) in [5.41, 5.74) is 1.53. The van der Waals surface area contributed by atoms with E-state index in [4.69, 9.17) is 0 Å². The molecular formula is C15H20F2N2. The molecule has 1 atom stereocenters. The topological polar surface area (TPSA) is 15.3 Å². The van der Waals surface area contributed by atoms with Crippen LogP contribution in [0.4, 0.5) is 8.78 Å². The lowest BCUT2D eigenvalue weighted by Crippen LogP contribution is -2.40. The molecule has 2 heterocycles. The fourth-order valence-corrected chi connectivity index (χ4v) is 3.22. The first-order valence-electron chi connectivity index (χ1n) is 7.13. The van der Waals surface area contributed by atoms with Crippen molar-refractivity contribution in [1.29, 1.82) is 0 Å². The van der Waals surface area contributed by atoms with Crippen molar-refractivity contribution in [3.63, 3.8) is 0 Å². The minimum atomic E-state index is -0.722. The molecule has 0 radical (unpaired) electrons. The van der Waals surface area contributed by atoms with E-state index in [1.54, 1.807) is 6.07 Å². The molecular weight excluding hydrogens is 246 g/mol. The molecule has 1 N–H and O–H groups in total. The molecule has 3 rings (SSSR count). The van der Waals surface area contributed by atoms with Gasteiger partial charge in [-0.05, 0) is 49.9 Å². The highest BCUT2D eigenvalue weighted by Gasteiger charge is 2.24. The van der Waals surface area contributed by atoms with Crippen LogP contribution in [-0.2, 0) is 13.0 Å². The molecule has 2 aliphatic rings. The summed E-state index contributed by atoms with van der Waals surface area (Å²) in [6, 6.07) is 2.97. The van der Waals surface area contributed by atoms with E-state index in [2.05, 4.69) is 10.2 Å². The minimum Gasteiger partial charge on any atom is -0.316 e. The fourth-order valence-electron chi connectivity index (χ4n) is 3.22. The summed E-state index contributed by atoms with van der Waals surface area (Å²) < 4.78 is 27.1. The summed E-state index contributed by atoms with van der Waals surface area (Å²) in [6.45, 7) is 4.65. The van der Waals surface area contributed by atoms with Gasteiger partial charge in [0.05, 0.1) is 0 Å². The molecule has 1 unspecified atom stereocenters. The predicted octanol–water partition coefficient (Wildman–Crippen LogP) is 2.32. The van der Waals surface area contributed by atoms with Crippen molar-refractivity contribution in [1.82, 2.24) is 10.2 Å². The third-order valence-electron chi connectivity index (χ3n) is 4.29. The molecule has 2 aliphatic heterocycles. The van der Waals surface area contributed by atoms with Crippen LogP contribution in [0, 0.1) is 17.6 Å². The molecule has 1 fully saturated rings. The van der Waals surface area contributed by atoms with Crippen LogP contribution in [0.2, 0.25) is 0 Å². The second-order valence-electron chi connectivity index (χ2n) is 5.70. The first kappa shape index (κ1) is 13.0. The minimum absolute atomic E-state index is 0.551. The second-order valence-corrected chi connectivity index (χ2v) is 5.70. The van der Waals surface area contributed by atoms with Gasteiger partial charge in [0.1, 0.15) is 0 Å². The van der Waals surface area contributed by atoms with Crippen LogP contribution in [0.5, 0.6) is 0 Å². The number of nitrogens with one attached hydrogen (secondary N) is 1. The van der Waals surface area contributed by atoms with Gasteiger partial charge in [-0.15, -0.1) is 0 Å². The maximum absolute atomic E-state index is 13.8. The summed E-state index contributed by atoms with van der Waals surface area (Å²) in [6.07, 6.45) is 3.28. The summed E-state index contributed by atoms with van der Waals surface area (Å²) in [5.74, 6) is -0.726. The molecule has 2 nitrogen and oxygen atoms in total. The number of piperidine rings is 1. The van der Waals surface area contributed by atoms with E-state index in [1.165, 1.54) is 18.9 Å². The van der Waals surface area contributed by atoms with Gasteiger partial charge >= 0.3 is 0 Å². The van der Waals surface area contributed by atoms with Gasteiger partial charge in [-0.1, -0.05) is 6.07 Å². The Morgan fingerprint density at radius 1 is 1.32 bits per heavy atom. The van der Waals surface area contributed by atoms with Crippen molar-refractivity contribution in [2.45, 2.75) is 25.8 Å². The standard InChI is InChI=1S/C15H20F2N2/c16-14-4-3-12-5-7-19(10-13(12)15(14)17)9-11-2-1-6-18-8-11/h3-4,11,18H,1-2,5-10H2. The molecule has 1 saturated heterocycles. The second kappa shape index (κ2) is 5.55. The Bertz CT molecular complexity index is 456. The molecule has 0 spiro atoms. The SMILES string of the molecule is Fc1ccc2c(c1F)CN(CC1CCCNC1)CC2. The maximum atomic E-state index is 13.8. The van der Waals surface area contributed by atoms with E-state index < -0.39 is 11.6 Å². The van der Waals surface area contributed by atoms with Crippen LogP contribution >= 0.6 is 0 Å². The van der Waals surface area contributed by atoms with Crippen LogP contribution in [0.1, 0.15) is 24.0 Å². The Labute approximate surface area is 112 Å². The Balaban J connectivity index is 1.69. The zero-order valence-corrected chi connectivity index (χ0v) is 11.1. The van der Waals surface area contributed by atoms with Crippen LogP contribution in [0.15, 0.2) is 12.1 Å². The quantitative estimate of drug-likeness (QED) is 0.884. The fraction of sp³-hybridized carbons (Fsp3) is 0.600. The third-order valence-corrected chi connectivity index (χ3v) is 4.29. The normalized spacial score (nSPS) is 24.2. The van der Waals surface area contributed by atoms with Crippen LogP contribution in [0.25, 0.3) is 0 Å². The largest absolute Gasteiger partial charge is 0.316 e. The van der Waals surface area contributed by atoms with Gasteiger partial charge in [0.2, 0.25) is 0 Å². The highest BCUT2D eigenvalue weighted by Crippen LogP contribution is 2.25. The van der Waals surface area contributed by atoms with E-state index >= 15 is 0 Å². The predicted molar refractivity (Wildman–Crippen MR) is 70.9 cm³/mol. The Morgan fingerprint density at radius 3 is 3.00 bits per heavy atom. The summed E-state index contributed by atoms with van der Waals surface area (Å²) in [5, 5.41) is 3.40. The lowest BCUT2D eigenvalue weighted by molar-refractivity contribution is 0.190. The number of nitrogens with zero attached hydrogens (tertiary/aromatic N) is 1. The molecule has 1 aromatic rings. The first-order valence-corrected chi connectivity index (χ1v) is 7.13. The van der Waals surface area contributed by atoms with E-state index in [1.807, 2.05) is 0 Å². The van der Waals surface area contributed by atoms with Crippen molar-refractivity contribution < 1.29 is 8.78 Å². The van der Waals surface area contributed by atoms with Gasteiger partial charge < -0.3 is 5.32 Å². The number of rotatable bonds is 2. The molecule has 0 amide bonds. The molecule has 0 aromatic heterocycles. The van der Waals surface area contributed by atoms with E-state index in [0.29, 0.717) is 18.0 Å². The van der Waals surface area contributed by atoms with Crippen molar-refractivity contribution >= 4 is 0 Å². The summed E-state index contributed by atoms with van der Waals surface area (Å²) in [7, 11) is 0. The zero-order valence-electron chi connectivity index (χ0n) is 11.1. The van der Waals surface area contributed by atoms with Gasteiger partial charge in [-0.3, -0.25) is 4.90 Å². The van der Waals surface area contributed by atoms with Crippen LogP contribution < -0.4 is 5.32 Å². The highest BCUT2D eigenvalue weighted by molar-refractivity contribution is 5.31. The summed E-state index contributed by atoms with van der Waals surface area (Å²) in [4.78, 5) is 2.27. The Morgan fingerprint density at radius 2 is 2.21 bits per heavy atom. The molecule has 104 valence electrons. The van der Waals surface area contributed by atoms with Crippen molar-refractivity contribution in [2.24, 2.45) is 5.92 Å². The van der Waals surface area contributed by atoms with Gasteiger partial charge in [0, 0.05) is 25.2 Å². The van der Waals surface area contributed by atoms with Gasteiger partial charge in [0.25, 0.3) is 0 Å². The smallest absolute Gasteiger partial charge is 0.163 e. The van der Waals surface area contributed by atoms with Crippen molar-refractivity contribution in [2.75, 3.05) is 26.2 Å². The molecule has 0 aliphatic carbocycles. The number of fused-ring (bicyclic) bond motifs is 1. The maximum Gasteiger partial charge on any atom is 0.163 e. The number of benzene rings is 1. The van der Waals surface area contributed by atoms with E-state index in [9.17, 15) is 8.78 Å². The first-order chi connectivity index (χ1) is 9.24. The van der Waals surface area contributed by atoms with Crippen LogP contribution in [0.3, 0.4) is 0 Å². The number of halogens is 2. The van der Waals surface area contributed by atoms with Gasteiger partial charge in [0.15, 0.2) is 11.6 Å². The Hall–Kier alpha value is -1.00. The lowest BCUT2D eigenvalue weighted by Gasteiger charge is -2.33. The lowest BCUT2D eigenvalue weighted by atomic mass is 9.95. The van der Waals surface area contributed by atoms with E-state index in [0.717, 1.165) is 38.2 Å². The van der Waals surface area contributed by atoms with Crippen molar-refractivity contribution in [3.8, 4) is 0 Å². The van der Waals surface area contributed by atoms with Crippen molar-refractivity contribution in [3.05, 3.63) is 34.9 Å². The molecule has 1 aromatic carbocycles. The van der Waals surface area contributed by atoms with Crippen LogP contribution in [-0.4, -0.2) is 31.1 Å². The third kappa shape index (κ3) is 2.79. The zero-order chi connectivity index (χ0) is 13.2. The molecule has 0 saturated carbocycles. The van der Waals surface area contributed by atoms with E-state index in [-0.39, 0.29) is 0 Å². The molecule has 0 bridgehead atoms.